The number of nitrogens with one attached hydrogen (secondary N) is 1. The Morgan fingerprint density at radius 3 is 2.00 bits per heavy atom. The normalized spacial score (nSPS) is 11.9. The first-order chi connectivity index (χ1) is 21.0. The van der Waals surface area contributed by atoms with Gasteiger partial charge in [-0.15, -0.1) is 13.2 Å². The molecule has 0 aliphatic heterocycles. The lowest BCUT2D eigenvalue weighted by molar-refractivity contribution is -0.150. The van der Waals surface area contributed by atoms with E-state index in [9.17, 15) is 34.5 Å². The smallest absolute Gasteiger partial charge is 0.414 e. The molecule has 13 nitrogen and oxygen atoms in total. The van der Waals surface area contributed by atoms with E-state index in [4.69, 9.17) is 9.84 Å². The highest BCUT2D eigenvalue weighted by molar-refractivity contribution is 5.94. The van der Waals surface area contributed by atoms with Crippen LogP contribution in [0.2, 0.25) is 0 Å². The Kier molecular flexibility index (Phi) is 13.9. The molecule has 0 aliphatic carbocycles. The van der Waals surface area contributed by atoms with Gasteiger partial charge < -0.3 is 40.3 Å². The summed E-state index contributed by atoms with van der Waals surface area (Å²) in [7, 11) is 1.56. The molecule has 0 spiro atoms. The van der Waals surface area contributed by atoms with Crippen LogP contribution in [-0.4, -0.2) is 94.8 Å². The van der Waals surface area contributed by atoms with Crippen molar-refractivity contribution in [3.63, 3.8) is 0 Å². The van der Waals surface area contributed by atoms with Crippen molar-refractivity contribution < 1.29 is 44.3 Å². The van der Waals surface area contributed by atoms with Crippen LogP contribution in [0.4, 0.5) is 26.7 Å². The number of anilines is 3. The first-order valence-corrected chi connectivity index (χ1v) is 13.8. The summed E-state index contributed by atoms with van der Waals surface area (Å²) in [6.45, 7) is 7.56. The lowest BCUT2D eigenvalue weighted by Crippen LogP contribution is -2.58. The Morgan fingerprint density at radius 2 is 1.50 bits per heavy atom. The Labute approximate surface area is 256 Å². The highest BCUT2D eigenvalue weighted by Gasteiger charge is 2.45. The van der Waals surface area contributed by atoms with Crippen LogP contribution in [0.25, 0.3) is 0 Å². The van der Waals surface area contributed by atoms with Gasteiger partial charge in [0.15, 0.2) is 0 Å². The highest BCUT2D eigenvalue weighted by atomic mass is 16.6. The van der Waals surface area contributed by atoms with Crippen LogP contribution in [0.1, 0.15) is 24.8 Å². The van der Waals surface area contributed by atoms with E-state index in [1.165, 1.54) is 17.1 Å². The summed E-state index contributed by atoms with van der Waals surface area (Å²) in [5, 5.41) is 40.3. The van der Waals surface area contributed by atoms with E-state index in [-0.39, 0.29) is 39.2 Å². The summed E-state index contributed by atoms with van der Waals surface area (Å²) >= 11 is 0. The summed E-state index contributed by atoms with van der Waals surface area (Å²) in [6.07, 6.45) is 1.10. The molecule has 2 rings (SSSR count). The van der Waals surface area contributed by atoms with Crippen molar-refractivity contribution in [2.45, 2.75) is 31.4 Å². The zero-order valence-corrected chi connectivity index (χ0v) is 24.7. The molecule has 0 bridgehead atoms. The van der Waals surface area contributed by atoms with Gasteiger partial charge in [0.05, 0.1) is 13.2 Å². The molecule has 0 radical (unpaired) electrons. The predicted molar refractivity (Wildman–Crippen MR) is 166 cm³/mol. The molecule has 2 aromatic rings. The van der Waals surface area contributed by atoms with Gasteiger partial charge in [-0.05, 0) is 54.8 Å². The van der Waals surface area contributed by atoms with E-state index in [2.05, 4.69) is 18.5 Å². The Balaban J connectivity index is 2.06. The number of hydrogen-bond donors (Lipinski definition) is 5. The largest absolute Gasteiger partial charge is 0.481 e. The quantitative estimate of drug-likeness (QED) is 0.156. The summed E-state index contributed by atoms with van der Waals surface area (Å²) in [4.78, 5) is 53.6. The number of hydrogen-bond acceptors (Lipinski definition) is 8. The fourth-order valence-electron chi connectivity index (χ4n) is 4.51. The van der Waals surface area contributed by atoms with Gasteiger partial charge in [0.2, 0.25) is 0 Å². The number of ether oxygens (including phenoxy) is 1. The maximum atomic E-state index is 13.2. The minimum Gasteiger partial charge on any atom is -0.481 e. The van der Waals surface area contributed by atoms with Crippen molar-refractivity contribution >= 4 is 41.1 Å². The minimum atomic E-state index is -1.85. The third-order valence-corrected chi connectivity index (χ3v) is 6.89. The van der Waals surface area contributed by atoms with Gasteiger partial charge in [-0.25, -0.2) is 14.4 Å². The van der Waals surface area contributed by atoms with Gasteiger partial charge in [-0.1, -0.05) is 24.3 Å². The summed E-state index contributed by atoms with van der Waals surface area (Å²) in [6, 6.07) is 12.6. The van der Waals surface area contributed by atoms with E-state index in [0.717, 1.165) is 10.6 Å². The number of carboxylic acids is 2. The molecule has 3 amide bonds. The second-order valence-corrected chi connectivity index (χ2v) is 9.81. The molecule has 238 valence electrons. The third-order valence-electron chi connectivity index (χ3n) is 6.89. The number of aliphatic hydroxyl groups is 2. The predicted octanol–water partition coefficient (Wildman–Crippen LogP) is 3.53. The van der Waals surface area contributed by atoms with Crippen LogP contribution in [-0.2, 0) is 20.9 Å². The molecule has 13 heteroatoms. The van der Waals surface area contributed by atoms with Crippen molar-refractivity contribution in [2.75, 3.05) is 55.0 Å². The van der Waals surface area contributed by atoms with Gasteiger partial charge in [-0.3, -0.25) is 9.69 Å². The molecule has 0 heterocycles. The number of rotatable bonds is 18. The van der Waals surface area contributed by atoms with Crippen molar-refractivity contribution in [2.24, 2.45) is 0 Å². The number of amides is 3. The number of carbonyl (C=O) groups excluding carboxylic acids is 2. The van der Waals surface area contributed by atoms with Gasteiger partial charge >= 0.3 is 24.1 Å². The van der Waals surface area contributed by atoms with Gasteiger partial charge in [0.25, 0.3) is 0 Å². The fourth-order valence-corrected chi connectivity index (χ4v) is 4.51. The topological polar surface area (TPSA) is 180 Å². The van der Waals surface area contributed by atoms with Crippen molar-refractivity contribution in [1.82, 2.24) is 4.90 Å². The number of benzene rings is 2. The molecule has 0 aliphatic rings. The van der Waals surface area contributed by atoms with Gasteiger partial charge in [0.1, 0.15) is 12.1 Å². The molecule has 0 aromatic heterocycles. The molecule has 0 saturated heterocycles. The number of carboxylic acid groups (broad SMARTS) is 2. The number of aliphatic carboxylic acids is 2. The molecule has 2 aromatic carbocycles. The maximum absolute atomic E-state index is 13.2. The number of urea groups is 1. The van der Waals surface area contributed by atoms with Crippen LogP contribution in [0.3, 0.4) is 0 Å². The zero-order valence-electron chi connectivity index (χ0n) is 24.7. The number of carbonyl (C=O) groups is 4. The Hall–Kier alpha value is -4.88. The average molecular weight is 613 g/mol. The summed E-state index contributed by atoms with van der Waals surface area (Å²) in [5.41, 5.74) is 0.472. The van der Waals surface area contributed by atoms with Gasteiger partial charge in [-0.2, -0.15) is 0 Å². The van der Waals surface area contributed by atoms with Crippen LogP contribution in [0.5, 0.6) is 0 Å². The molecule has 0 saturated carbocycles. The lowest BCUT2D eigenvalue weighted by Gasteiger charge is -2.39. The molecule has 0 fully saturated rings. The van der Waals surface area contributed by atoms with E-state index in [1.54, 1.807) is 55.6 Å². The van der Waals surface area contributed by atoms with Crippen molar-refractivity contribution in [3.8, 4) is 0 Å². The SMILES string of the molecule is C=CCN(C(=O)Nc1ccc(COC(=O)N(C)c2ccc(N(CCO)CCO)cc2)cc1)[C@@](CC=C)(CCC(=O)O)C(=O)O. The van der Waals surface area contributed by atoms with Gasteiger partial charge in [0, 0.05) is 50.2 Å². The first kappa shape index (κ1) is 35.3. The molecular formula is C31H40N4O9. The summed E-state index contributed by atoms with van der Waals surface area (Å²) < 4.78 is 5.42. The van der Waals surface area contributed by atoms with E-state index in [0.29, 0.717) is 30.0 Å². The first-order valence-electron chi connectivity index (χ1n) is 13.8. The fraction of sp³-hybridized carbons (Fsp3) is 0.355. The molecule has 44 heavy (non-hydrogen) atoms. The lowest BCUT2D eigenvalue weighted by atomic mass is 9.87. The van der Waals surface area contributed by atoms with E-state index >= 15 is 0 Å². The van der Waals surface area contributed by atoms with E-state index < -0.39 is 36.0 Å². The van der Waals surface area contributed by atoms with Crippen molar-refractivity contribution in [3.05, 3.63) is 79.4 Å². The second kappa shape index (κ2) is 17.3. The molecule has 0 unspecified atom stereocenters. The monoisotopic (exact) mass is 612 g/mol. The van der Waals surface area contributed by atoms with Crippen LogP contribution in [0.15, 0.2) is 73.8 Å². The third kappa shape index (κ3) is 9.57. The Morgan fingerprint density at radius 1 is 0.909 bits per heavy atom. The number of aliphatic hydroxyl groups excluding tert-OH is 2. The van der Waals surface area contributed by atoms with Crippen LogP contribution < -0.4 is 15.1 Å². The minimum absolute atomic E-state index is 0.0600. The second-order valence-electron chi connectivity index (χ2n) is 9.81. The van der Waals surface area contributed by atoms with Crippen molar-refractivity contribution in [1.29, 1.82) is 0 Å². The summed E-state index contributed by atoms with van der Waals surface area (Å²) in [5.74, 6) is -2.56. The molecular weight excluding hydrogens is 572 g/mol. The van der Waals surface area contributed by atoms with Crippen LogP contribution in [0, 0.1) is 0 Å². The van der Waals surface area contributed by atoms with Crippen LogP contribution >= 0.6 is 0 Å². The maximum Gasteiger partial charge on any atom is 0.414 e. The molecule has 1 atom stereocenters. The standard InChI is InChI=1S/C31H40N4O9/c1-4-15-31(28(40)41,16-14-27(38)39)35(17-5-2)29(42)32-24-8-6-23(7-9-24)22-44-30(43)33(3)25-10-12-26(13-11-25)34(18-20-36)19-21-37/h4-13,36-37H,1-2,14-22H2,3H3,(H,32,42)(H,38,39)(H,40,41)/t31-/m0/s1. The number of nitrogens with zero attached hydrogens (tertiary/aromatic N) is 3. The molecule has 5 N–H and O–H groups in total. The zero-order chi connectivity index (χ0) is 32.7. The average Bonchev–Trinajstić information content (AvgIpc) is 3.01. The Bertz CT molecular complexity index is 1280. The highest BCUT2D eigenvalue weighted by Crippen LogP contribution is 2.29. The van der Waals surface area contributed by atoms with E-state index in [1.807, 2.05) is 4.90 Å².